The van der Waals surface area contributed by atoms with E-state index in [0.29, 0.717) is 25.2 Å². The molecule has 2 aromatic carbocycles. The van der Waals surface area contributed by atoms with Gasteiger partial charge in [-0.3, -0.25) is 4.79 Å². The van der Waals surface area contributed by atoms with Crippen LogP contribution in [0.2, 0.25) is 0 Å². The van der Waals surface area contributed by atoms with Crippen molar-refractivity contribution in [3.05, 3.63) is 64.7 Å². The molecule has 0 bridgehead atoms. The smallest absolute Gasteiger partial charge is 0.257 e. The number of benzene rings is 2. The number of hydrogen-bond acceptors (Lipinski definition) is 2. The molecule has 0 fully saturated rings. The number of nitrogens with two attached hydrogens (primary N) is 1. The molecule has 1 heterocycles. The van der Waals surface area contributed by atoms with E-state index in [0.717, 1.165) is 29.3 Å². The number of halogens is 2. The van der Waals surface area contributed by atoms with Crippen LogP contribution in [0.25, 0.3) is 0 Å². The third-order valence-corrected chi connectivity index (χ3v) is 3.69. The first-order valence-corrected chi connectivity index (χ1v) is 6.66. The van der Waals surface area contributed by atoms with Crippen LogP contribution in [0.15, 0.2) is 36.4 Å². The zero-order valence-electron chi connectivity index (χ0n) is 11.3. The van der Waals surface area contributed by atoms with Crippen molar-refractivity contribution in [2.45, 2.75) is 13.0 Å². The standard InChI is InChI=1S/C16H14F2N2O/c17-12-2-4-15(18)14(8-12)16(21)20-6-5-10-1-3-13(19)7-11(10)9-20/h1-4,7-8H,5-6,9,19H2. The zero-order chi connectivity index (χ0) is 15.0. The summed E-state index contributed by atoms with van der Waals surface area (Å²) >= 11 is 0. The van der Waals surface area contributed by atoms with Gasteiger partial charge in [0, 0.05) is 18.8 Å². The van der Waals surface area contributed by atoms with Gasteiger partial charge in [0.1, 0.15) is 11.6 Å². The molecule has 0 atom stereocenters. The molecule has 0 aromatic heterocycles. The van der Waals surface area contributed by atoms with E-state index in [1.165, 1.54) is 4.90 Å². The Morgan fingerprint density at radius 1 is 1.10 bits per heavy atom. The maximum Gasteiger partial charge on any atom is 0.257 e. The lowest BCUT2D eigenvalue weighted by Gasteiger charge is -2.29. The van der Waals surface area contributed by atoms with E-state index < -0.39 is 17.5 Å². The summed E-state index contributed by atoms with van der Waals surface area (Å²) in [5, 5.41) is 0. The van der Waals surface area contributed by atoms with Crippen LogP contribution in [0.5, 0.6) is 0 Å². The second-order valence-corrected chi connectivity index (χ2v) is 5.13. The highest BCUT2D eigenvalue weighted by Crippen LogP contribution is 2.23. The fraction of sp³-hybridized carbons (Fsp3) is 0.188. The summed E-state index contributed by atoms with van der Waals surface area (Å²) in [5.41, 5.74) is 8.22. The van der Waals surface area contributed by atoms with Crippen LogP contribution in [0.4, 0.5) is 14.5 Å². The van der Waals surface area contributed by atoms with Crippen molar-refractivity contribution in [1.29, 1.82) is 0 Å². The average molecular weight is 288 g/mol. The van der Waals surface area contributed by atoms with Crippen LogP contribution >= 0.6 is 0 Å². The monoisotopic (exact) mass is 288 g/mol. The summed E-state index contributed by atoms with van der Waals surface area (Å²) in [5.74, 6) is -1.83. The molecule has 21 heavy (non-hydrogen) atoms. The van der Waals surface area contributed by atoms with Crippen LogP contribution < -0.4 is 5.73 Å². The van der Waals surface area contributed by atoms with Gasteiger partial charge in [-0.1, -0.05) is 6.07 Å². The quantitative estimate of drug-likeness (QED) is 0.820. The predicted molar refractivity (Wildman–Crippen MR) is 75.7 cm³/mol. The van der Waals surface area contributed by atoms with Gasteiger partial charge in [0.2, 0.25) is 0 Å². The van der Waals surface area contributed by atoms with Gasteiger partial charge in [-0.25, -0.2) is 8.78 Å². The van der Waals surface area contributed by atoms with Gasteiger partial charge in [-0.2, -0.15) is 0 Å². The first kappa shape index (κ1) is 13.5. The highest BCUT2D eigenvalue weighted by molar-refractivity contribution is 5.94. The van der Waals surface area contributed by atoms with Crippen molar-refractivity contribution in [2.75, 3.05) is 12.3 Å². The summed E-state index contributed by atoms with van der Waals surface area (Å²) in [4.78, 5) is 13.9. The Balaban J connectivity index is 1.88. The highest BCUT2D eigenvalue weighted by Gasteiger charge is 2.24. The number of nitrogen functional groups attached to an aromatic ring is 1. The number of carbonyl (C=O) groups is 1. The Bertz CT molecular complexity index is 715. The SMILES string of the molecule is Nc1ccc2c(c1)CN(C(=O)c1cc(F)ccc1F)CC2. The van der Waals surface area contributed by atoms with Crippen molar-refractivity contribution in [3.8, 4) is 0 Å². The maximum atomic E-state index is 13.7. The Kier molecular flexibility index (Phi) is 3.33. The van der Waals surface area contributed by atoms with Gasteiger partial charge in [-0.15, -0.1) is 0 Å². The Labute approximate surface area is 121 Å². The molecule has 1 amide bonds. The Hall–Kier alpha value is -2.43. The molecular formula is C16H14F2N2O. The third kappa shape index (κ3) is 2.59. The summed E-state index contributed by atoms with van der Waals surface area (Å²) in [6.07, 6.45) is 0.679. The first-order chi connectivity index (χ1) is 10.0. The molecule has 0 radical (unpaired) electrons. The fourth-order valence-electron chi connectivity index (χ4n) is 2.58. The minimum absolute atomic E-state index is 0.234. The number of rotatable bonds is 1. The van der Waals surface area contributed by atoms with E-state index >= 15 is 0 Å². The van der Waals surface area contributed by atoms with Crippen molar-refractivity contribution in [2.24, 2.45) is 0 Å². The third-order valence-electron chi connectivity index (χ3n) is 3.69. The molecule has 1 aliphatic rings. The second-order valence-electron chi connectivity index (χ2n) is 5.13. The normalized spacial score (nSPS) is 13.9. The molecule has 1 aliphatic heterocycles. The van der Waals surface area contributed by atoms with Gasteiger partial charge >= 0.3 is 0 Å². The number of nitrogens with zero attached hydrogens (tertiary/aromatic N) is 1. The van der Waals surface area contributed by atoms with Crippen molar-refractivity contribution >= 4 is 11.6 Å². The maximum absolute atomic E-state index is 13.7. The number of anilines is 1. The van der Waals surface area contributed by atoms with E-state index in [-0.39, 0.29) is 5.56 Å². The zero-order valence-corrected chi connectivity index (χ0v) is 11.3. The van der Waals surface area contributed by atoms with Gasteiger partial charge < -0.3 is 10.6 Å². The highest BCUT2D eigenvalue weighted by atomic mass is 19.1. The molecule has 0 unspecified atom stereocenters. The van der Waals surface area contributed by atoms with Crippen LogP contribution in [0.3, 0.4) is 0 Å². The first-order valence-electron chi connectivity index (χ1n) is 6.66. The topological polar surface area (TPSA) is 46.3 Å². The molecule has 2 N–H and O–H groups in total. The van der Waals surface area contributed by atoms with Crippen molar-refractivity contribution in [1.82, 2.24) is 4.90 Å². The Morgan fingerprint density at radius 3 is 2.71 bits per heavy atom. The molecule has 0 saturated heterocycles. The van der Waals surface area contributed by atoms with Crippen LogP contribution in [0, 0.1) is 11.6 Å². The van der Waals surface area contributed by atoms with Gasteiger partial charge in [0.15, 0.2) is 0 Å². The second kappa shape index (κ2) is 5.16. The van der Waals surface area contributed by atoms with Gasteiger partial charge in [0.05, 0.1) is 5.56 Å². The summed E-state index contributed by atoms with van der Waals surface area (Å²) in [6, 6.07) is 8.48. The number of carbonyl (C=O) groups excluding carboxylic acids is 1. The predicted octanol–water partition coefficient (Wildman–Crippen LogP) is 2.75. The van der Waals surface area contributed by atoms with Crippen molar-refractivity contribution < 1.29 is 13.6 Å². The number of fused-ring (bicyclic) bond motifs is 1. The summed E-state index contributed by atoms with van der Waals surface area (Å²) in [6.45, 7) is 0.834. The minimum Gasteiger partial charge on any atom is -0.399 e. The molecule has 0 aliphatic carbocycles. The fourth-order valence-corrected chi connectivity index (χ4v) is 2.58. The van der Waals surface area contributed by atoms with E-state index in [9.17, 15) is 13.6 Å². The van der Waals surface area contributed by atoms with Crippen LogP contribution in [-0.2, 0) is 13.0 Å². The molecular weight excluding hydrogens is 274 g/mol. The number of hydrogen-bond donors (Lipinski definition) is 1. The molecule has 5 heteroatoms. The van der Waals surface area contributed by atoms with Gasteiger partial charge in [0.25, 0.3) is 5.91 Å². The lowest BCUT2D eigenvalue weighted by atomic mass is 9.98. The Morgan fingerprint density at radius 2 is 1.90 bits per heavy atom. The summed E-state index contributed by atoms with van der Waals surface area (Å²) < 4.78 is 26.9. The summed E-state index contributed by atoms with van der Waals surface area (Å²) in [7, 11) is 0. The van der Waals surface area contributed by atoms with E-state index in [2.05, 4.69) is 0 Å². The molecule has 0 spiro atoms. The molecule has 2 aromatic rings. The van der Waals surface area contributed by atoms with E-state index in [4.69, 9.17) is 5.73 Å². The van der Waals surface area contributed by atoms with Crippen molar-refractivity contribution in [3.63, 3.8) is 0 Å². The molecule has 0 saturated carbocycles. The van der Waals surface area contributed by atoms with E-state index in [1.807, 2.05) is 18.2 Å². The minimum atomic E-state index is -0.709. The molecule has 3 nitrogen and oxygen atoms in total. The van der Waals surface area contributed by atoms with E-state index in [1.54, 1.807) is 0 Å². The number of amides is 1. The average Bonchev–Trinajstić information content (AvgIpc) is 2.48. The lowest BCUT2D eigenvalue weighted by Crippen LogP contribution is -2.36. The van der Waals surface area contributed by atoms with Crippen LogP contribution in [0.1, 0.15) is 21.5 Å². The molecule has 108 valence electrons. The lowest BCUT2D eigenvalue weighted by molar-refractivity contribution is 0.0729. The largest absolute Gasteiger partial charge is 0.399 e. The molecule has 3 rings (SSSR count). The van der Waals surface area contributed by atoms with Gasteiger partial charge in [-0.05, 0) is 47.9 Å². The van der Waals surface area contributed by atoms with Crippen LogP contribution in [-0.4, -0.2) is 17.4 Å².